The zero-order chi connectivity index (χ0) is 17.1. The first kappa shape index (κ1) is 15.7. The average molecular weight is 327 g/mol. The van der Waals surface area contributed by atoms with E-state index in [1.54, 1.807) is 27.2 Å². The number of fused-ring (bicyclic) bond motifs is 1. The summed E-state index contributed by atoms with van der Waals surface area (Å²) in [5.74, 6) is 1.31. The van der Waals surface area contributed by atoms with Crippen LogP contribution in [0.25, 0.3) is 10.8 Å². The monoisotopic (exact) mass is 327 g/mol. The molecule has 1 atom stereocenters. The van der Waals surface area contributed by atoms with Gasteiger partial charge in [-0.25, -0.2) is 9.78 Å². The number of rotatable bonds is 4. The molecule has 2 amide bonds. The van der Waals surface area contributed by atoms with Gasteiger partial charge in [0.15, 0.2) is 0 Å². The molecule has 124 valence electrons. The molecule has 1 unspecified atom stereocenters. The Kier molecular flexibility index (Phi) is 4.28. The minimum atomic E-state index is -0.405. The molecule has 0 aliphatic heterocycles. The molecule has 0 radical (unpaired) electrons. The van der Waals surface area contributed by atoms with Gasteiger partial charge in [0, 0.05) is 23.9 Å². The molecule has 0 aliphatic rings. The van der Waals surface area contributed by atoms with Gasteiger partial charge in [-0.3, -0.25) is 0 Å². The van der Waals surface area contributed by atoms with Crippen molar-refractivity contribution in [2.75, 3.05) is 12.4 Å². The molecule has 0 bridgehead atoms. The first-order valence-corrected chi connectivity index (χ1v) is 7.37. The lowest BCUT2D eigenvalue weighted by Gasteiger charge is -2.13. The highest BCUT2D eigenvalue weighted by atomic mass is 16.5. The molecule has 2 aromatic heterocycles. The molecule has 0 saturated heterocycles. The summed E-state index contributed by atoms with van der Waals surface area (Å²) in [6.07, 6.45) is 1.63. The van der Waals surface area contributed by atoms with Crippen LogP contribution in [0.5, 0.6) is 5.88 Å². The summed E-state index contributed by atoms with van der Waals surface area (Å²) in [4.78, 5) is 16.4. The van der Waals surface area contributed by atoms with Crippen LogP contribution in [0.15, 0.2) is 34.9 Å². The van der Waals surface area contributed by atoms with E-state index < -0.39 is 6.04 Å². The van der Waals surface area contributed by atoms with Gasteiger partial charge in [-0.05, 0) is 25.1 Å². The maximum atomic E-state index is 12.2. The molecule has 0 spiro atoms. The van der Waals surface area contributed by atoms with Gasteiger partial charge >= 0.3 is 6.03 Å². The maximum Gasteiger partial charge on any atom is 0.319 e. The lowest BCUT2D eigenvalue weighted by molar-refractivity contribution is 0.247. The highest BCUT2D eigenvalue weighted by Crippen LogP contribution is 2.28. The van der Waals surface area contributed by atoms with Gasteiger partial charge in [-0.1, -0.05) is 6.07 Å². The quantitative estimate of drug-likeness (QED) is 0.764. The van der Waals surface area contributed by atoms with Crippen molar-refractivity contribution in [3.8, 4) is 5.88 Å². The summed E-state index contributed by atoms with van der Waals surface area (Å²) in [5.41, 5.74) is 0.652. The van der Waals surface area contributed by atoms with E-state index >= 15 is 0 Å². The molecule has 0 aliphatic carbocycles. The van der Waals surface area contributed by atoms with Gasteiger partial charge < -0.3 is 19.8 Å². The number of aromatic nitrogens is 3. The van der Waals surface area contributed by atoms with Crippen molar-refractivity contribution < 1.29 is 13.9 Å². The number of hydrogen-bond donors (Lipinski definition) is 2. The van der Waals surface area contributed by atoms with E-state index in [4.69, 9.17) is 9.15 Å². The number of methoxy groups -OCH3 is 1. The molecule has 0 fully saturated rings. The summed E-state index contributed by atoms with van der Waals surface area (Å²) in [5, 5.41) is 14.9. The third kappa shape index (κ3) is 3.12. The third-order valence-corrected chi connectivity index (χ3v) is 3.47. The number of amides is 2. The Morgan fingerprint density at radius 2 is 2.08 bits per heavy atom. The van der Waals surface area contributed by atoms with Crippen LogP contribution < -0.4 is 15.4 Å². The zero-order valence-electron chi connectivity index (χ0n) is 13.5. The summed E-state index contributed by atoms with van der Waals surface area (Å²) >= 11 is 0. The summed E-state index contributed by atoms with van der Waals surface area (Å²) < 4.78 is 10.6. The number of carbonyl (C=O) groups is 1. The fraction of sp³-hybridized carbons (Fsp3) is 0.250. The van der Waals surface area contributed by atoms with Crippen molar-refractivity contribution >= 4 is 22.5 Å². The topological polar surface area (TPSA) is 102 Å². The number of nitrogens with one attached hydrogen (secondary N) is 2. The van der Waals surface area contributed by atoms with E-state index in [1.807, 2.05) is 24.3 Å². The lowest BCUT2D eigenvalue weighted by Crippen LogP contribution is -2.31. The Hall–Kier alpha value is -3.16. The Labute approximate surface area is 138 Å². The Morgan fingerprint density at radius 1 is 1.25 bits per heavy atom. The van der Waals surface area contributed by atoms with Crippen LogP contribution in [-0.4, -0.2) is 28.3 Å². The van der Waals surface area contributed by atoms with Crippen molar-refractivity contribution in [3.63, 3.8) is 0 Å². The van der Waals surface area contributed by atoms with Crippen molar-refractivity contribution in [3.05, 3.63) is 42.2 Å². The Balaban J connectivity index is 1.78. The molecule has 0 saturated carbocycles. The highest BCUT2D eigenvalue weighted by molar-refractivity contribution is 6.03. The van der Waals surface area contributed by atoms with Crippen LogP contribution >= 0.6 is 0 Å². The summed E-state index contributed by atoms with van der Waals surface area (Å²) in [6.45, 7) is 3.46. The normalized spacial score (nSPS) is 12.0. The molecule has 8 nitrogen and oxygen atoms in total. The minimum Gasteiger partial charge on any atom is -0.481 e. The second kappa shape index (κ2) is 6.53. The molecule has 2 N–H and O–H groups in total. The molecule has 8 heteroatoms. The number of nitrogens with zero attached hydrogens (tertiary/aromatic N) is 3. The van der Waals surface area contributed by atoms with E-state index in [0.29, 0.717) is 23.3 Å². The second-order valence-electron chi connectivity index (χ2n) is 5.20. The fourth-order valence-corrected chi connectivity index (χ4v) is 2.36. The molecule has 3 aromatic rings. The van der Waals surface area contributed by atoms with Crippen molar-refractivity contribution in [2.45, 2.75) is 19.9 Å². The van der Waals surface area contributed by atoms with Crippen LogP contribution in [-0.2, 0) is 0 Å². The molecule has 1 aromatic carbocycles. The van der Waals surface area contributed by atoms with E-state index in [-0.39, 0.29) is 6.03 Å². The van der Waals surface area contributed by atoms with Crippen molar-refractivity contribution in [2.24, 2.45) is 0 Å². The predicted molar refractivity (Wildman–Crippen MR) is 87.9 cm³/mol. The number of ether oxygens (including phenoxy) is 1. The number of pyridine rings is 1. The summed E-state index contributed by atoms with van der Waals surface area (Å²) in [7, 11) is 1.56. The molecular weight excluding hydrogens is 310 g/mol. The molecule has 24 heavy (non-hydrogen) atoms. The van der Waals surface area contributed by atoms with Crippen LogP contribution in [0.1, 0.15) is 24.7 Å². The Morgan fingerprint density at radius 3 is 2.79 bits per heavy atom. The van der Waals surface area contributed by atoms with Crippen molar-refractivity contribution in [1.82, 2.24) is 20.5 Å². The van der Waals surface area contributed by atoms with Crippen LogP contribution in [0.2, 0.25) is 0 Å². The predicted octanol–water partition coefficient (Wildman–Crippen LogP) is 2.82. The van der Waals surface area contributed by atoms with Crippen molar-refractivity contribution in [1.29, 1.82) is 0 Å². The zero-order valence-corrected chi connectivity index (χ0v) is 13.5. The van der Waals surface area contributed by atoms with E-state index in [2.05, 4.69) is 25.8 Å². The van der Waals surface area contributed by atoms with Crippen LogP contribution in [0.3, 0.4) is 0 Å². The highest BCUT2D eigenvalue weighted by Gasteiger charge is 2.16. The Bertz CT molecular complexity index is 877. The number of aryl methyl sites for hydroxylation is 1. The smallest absolute Gasteiger partial charge is 0.319 e. The second-order valence-corrected chi connectivity index (χ2v) is 5.20. The molecule has 3 rings (SSSR count). The number of anilines is 1. The summed E-state index contributed by atoms with van der Waals surface area (Å²) in [6, 6.07) is 6.56. The molecule has 2 heterocycles. The average Bonchev–Trinajstić information content (AvgIpc) is 3.01. The first-order chi connectivity index (χ1) is 11.6. The number of hydrogen-bond acceptors (Lipinski definition) is 6. The van der Waals surface area contributed by atoms with E-state index in [1.165, 1.54) is 0 Å². The van der Waals surface area contributed by atoms with Gasteiger partial charge in [-0.2, -0.15) is 0 Å². The van der Waals surface area contributed by atoms with Gasteiger partial charge in [0.25, 0.3) is 0 Å². The first-order valence-electron chi connectivity index (χ1n) is 7.37. The van der Waals surface area contributed by atoms with E-state index in [0.717, 1.165) is 10.8 Å². The number of carbonyl (C=O) groups excluding carboxylic acids is 1. The maximum absolute atomic E-state index is 12.2. The lowest BCUT2D eigenvalue weighted by atomic mass is 10.1. The van der Waals surface area contributed by atoms with Gasteiger partial charge in [0.1, 0.15) is 6.04 Å². The van der Waals surface area contributed by atoms with Gasteiger partial charge in [0.2, 0.25) is 17.7 Å². The SMILES string of the molecule is COc1nccc2c(NC(=O)NC(C)c3nnc(C)o3)cccc12. The number of benzene rings is 1. The standard InChI is InChI=1S/C16H17N5O3/c1-9(14-21-20-10(2)24-14)18-16(22)19-13-6-4-5-12-11(13)7-8-17-15(12)23-3/h4-9H,1-3H3,(H2,18,19,22). The third-order valence-electron chi connectivity index (χ3n) is 3.47. The van der Waals surface area contributed by atoms with Crippen LogP contribution in [0.4, 0.5) is 10.5 Å². The minimum absolute atomic E-state index is 0.353. The fourth-order valence-electron chi connectivity index (χ4n) is 2.36. The number of urea groups is 1. The van der Waals surface area contributed by atoms with Crippen LogP contribution in [0, 0.1) is 6.92 Å². The van der Waals surface area contributed by atoms with E-state index in [9.17, 15) is 4.79 Å². The molecular formula is C16H17N5O3. The van der Waals surface area contributed by atoms with Gasteiger partial charge in [-0.15, -0.1) is 10.2 Å². The van der Waals surface area contributed by atoms with Gasteiger partial charge in [0.05, 0.1) is 12.8 Å². The largest absolute Gasteiger partial charge is 0.481 e.